The molecular weight excluding hydrogens is 390 g/mol. The van der Waals surface area contributed by atoms with Crippen LogP contribution in [-0.4, -0.2) is 32.5 Å². The van der Waals surface area contributed by atoms with Crippen molar-refractivity contribution in [3.63, 3.8) is 0 Å². The van der Waals surface area contributed by atoms with E-state index in [-0.39, 0.29) is 16.2 Å². The molecule has 1 N–H and O–H groups in total. The summed E-state index contributed by atoms with van der Waals surface area (Å²) in [7, 11) is -3.85. The average molecular weight is 411 g/mol. The zero-order valence-corrected chi connectivity index (χ0v) is 16.8. The Morgan fingerprint density at radius 3 is 2.66 bits per heavy atom. The molecule has 1 amide bonds. The van der Waals surface area contributed by atoms with Gasteiger partial charge in [0, 0.05) is 29.8 Å². The number of carbonyl (C=O) groups excluding carboxylic acids is 2. The van der Waals surface area contributed by atoms with Crippen molar-refractivity contribution in [1.29, 1.82) is 0 Å². The average Bonchev–Trinajstić information content (AvgIpc) is 2.92. The van der Waals surface area contributed by atoms with Crippen molar-refractivity contribution in [1.82, 2.24) is 0 Å². The van der Waals surface area contributed by atoms with Crippen LogP contribution in [0.2, 0.25) is 0 Å². The molecule has 7 nitrogen and oxygen atoms in total. The molecule has 2 aromatic rings. The van der Waals surface area contributed by atoms with E-state index >= 15 is 0 Å². The molecule has 8 heteroatoms. The van der Waals surface area contributed by atoms with Crippen LogP contribution in [0.3, 0.4) is 0 Å². The van der Waals surface area contributed by atoms with Gasteiger partial charge in [-0.2, -0.15) is 8.42 Å². The van der Waals surface area contributed by atoms with E-state index in [1.54, 1.807) is 36.4 Å². The number of nitrogens with zero attached hydrogens (tertiary/aromatic N) is 2. The summed E-state index contributed by atoms with van der Waals surface area (Å²) in [5, 5.41) is 2.72. The van der Waals surface area contributed by atoms with E-state index in [4.69, 9.17) is 0 Å². The van der Waals surface area contributed by atoms with Crippen molar-refractivity contribution in [2.45, 2.75) is 37.5 Å². The van der Waals surface area contributed by atoms with Gasteiger partial charge in [0.25, 0.3) is 15.9 Å². The van der Waals surface area contributed by atoms with Crippen LogP contribution >= 0.6 is 0 Å². The zero-order valence-electron chi connectivity index (χ0n) is 16.0. The molecule has 29 heavy (non-hydrogen) atoms. The third kappa shape index (κ3) is 3.80. The number of anilines is 2. The molecule has 2 aliphatic rings. The first-order chi connectivity index (χ1) is 13.8. The number of carbonyl (C=O) groups is 2. The first-order valence-electron chi connectivity index (χ1n) is 9.53. The van der Waals surface area contributed by atoms with Crippen LogP contribution in [0.25, 0.3) is 0 Å². The normalized spacial score (nSPS) is 17.4. The number of benzene rings is 2. The summed E-state index contributed by atoms with van der Waals surface area (Å²) in [4.78, 5) is 26.2. The van der Waals surface area contributed by atoms with Gasteiger partial charge < -0.3 is 10.2 Å². The maximum atomic E-state index is 12.7. The van der Waals surface area contributed by atoms with E-state index in [9.17, 15) is 18.0 Å². The van der Waals surface area contributed by atoms with E-state index in [1.165, 1.54) is 13.0 Å². The number of nitrogens with one attached hydrogen (secondary N) is 1. The lowest BCUT2D eigenvalue weighted by atomic mass is 10.1. The van der Waals surface area contributed by atoms with Gasteiger partial charge in [-0.3, -0.25) is 9.59 Å². The number of ketones is 1. The van der Waals surface area contributed by atoms with E-state index in [2.05, 4.69) is 9.71 Å². The number of Topliss-reactive ketones (excluding diaryl/α,β-unsaturated/α-hetero) is 1. The second kappa shape index (κ2) is 7.44. The van der Waals surface area contributed by atoms with Gasteiger partial charge in [-0.25, -0.2) is 0 Å². The van der Waals surface area contributed by atoms with Crippen LogP contribution in [0.5, 0.6) is 0 Å². The van der Waals surface area contributed by atoms with Crippen molar-refractivity contribution in [3.8, 4) is 0 Å². The standard InChI is InChI=1S/C21H21N3O4S/c1-14(25)15-6-5-7-17(12-15)22-21(26)16-9-10-18-19(13-16)29(27,28)23-20-8-3-2-4-11-24(18)20/h5-7,9-10,12-13H,2-4,8,11H2,1H3,(H,22,26). The molecule has 0 bridgehead atoms. The van der Waals surface area contributed by atoms with Gasteiger partial charge in [-0.15, -0.1) is 4.40 Å². The minimum absolute atomic E-state index is 0.0493. The molecule has 0 radical (unpaired) electrons. The highest BCUT2D eigenvalue weighted by Crippen LogP contribution is 2.35. The van der Waals surface area contributed by atoms with Crippen LogP contribution in [0, 0.1) is 0 Å². The predicted molar refractivity (Wildman–Crippen MR) is 111 cm³/mol. The van der Waals surface area contributed by atoms with Crippen LogP contribution in [0.1, 0.15) is 53.3 Å². The minimum atomic E-state index is -3.85. The number of hydrogen-bond donors (Lipinski definition) is 1. The molecule has 0 atom stereocenters. The molecule has 1 fully saturated rings. The number of hydrogen-bond acceptors (Lipinski definition) is 5. The molecule has 0 aliphatic carbocycles. The number of rotatable bonds is 3. The zero-order chi connectivity index (χ0) is 20.6. The molecule has 4 rings (SSSR count). The van der Waals surface area contributed by atoms with Crippen molar-refractivity contribution in [2.24, 2.45) is 4.40 Å². The molecular formula is C21H21N3O4S. The monoisotopic (exact) mass is 411 g/mol. The van der Waals surface area contributed by atoms with Crippen LogP contribution < -0.4 is 10.2 Å². The fourth-order valence-corrected chi connectivity index (χ4v) is 4.92. The Balaban J connectivity index is 1.66. The van der Waals surface area contributed by atoms with Crippen molar-refractivity contribution >= 4 is 38.9 Å². The van der Waals surface area contributed by atoms with Crippen molar-refractivity contribution in [2.75, 3.05) is 16.8 Å². The molecule has 0 aromatic heterocycles. The summed E-state index contributed by atoms with van der Waals surface area (Å²) in [6, 6.07) is 11.3. The van der Waals surface area contributed by atoms with Crippen molar-refractivity contribution in [3.05, 3.63) is 53.6 Å². The van der Waals surface area contributed by atoms with Crippen LogP contribution in [0.4, 0.5) is 11.4 Å². The van der Waals surface area contributed by atoms with Gasteiger partial charge in [0.1, 0.15) is 10.7 Å². The van der Waals surface area contributed by atoms with E-state index in [0.29, 0.717) is 35.7 Å². The fourth-order valence-electron chi connectivity index (χ4n) is 3.64. The molecule has 2 heterocycles. The summed E-state index contributed by atoms with van der Waals surface area (Å²) in [5.74, 6) is 0.0229. The van der Waals surface area contributed by atoms with E-state index in [1.807, 2.05) is 4.90 Å². The summed E-state index contributed by atoms with van der Waals surface area (Å²) >= 11 is 0. The minimum Gasteiger partial charge on any atom is -0.328 e. The number of sulfonamides is 1. The van der Waals surface area contributed by atoms with Gasteiger partial charge >= 0.3 is 0 Å². The smallest absolute Gasteiger partial charge is 0.286 e. The van der Waals surface area contributed by atoms with E-state index in [0.717, 1.165) is 19.3 Å². The maximum absolute atomic E-state index is 12.7. The summed E-state index contributed by atoms with van der Waals surface area (Å²) in [6.07, 6.45) is 3.55. The Kier molecular flexibility index (Phi) is 4.96. The topological polar surface area (TPSA) is 95.9 Å². The van der Waals surface area contributed by atoms with Gasteiger partial charge in [0.2, 0.25) is 0 Å². The maximum Gasteiger partial charge on any atom is 0.286 e. The third-order valence-corrected chi connectivity index (χ3v) is 6.47. The molecule has 0 unspecified atom stereocenters. The number of amides is 1. The van der Waals surface area contributed by atoms with Crippen molar-refractivity contribution < 1.29 is 18.0 Å². The lowest BCUT2D eigenvalue weighted by Crippen LogP contribution is -2.35. The highest BCUT2D eigenvalue weighted by atomic mass is 32.2. The highest BCUT2D eigenvalue weighted by molar-refractivity contribution is 7.90. The predicted octanol–water partition coefficient (Wildman–Crippen LogP) is 3.62. The Morgan fingerprint density at radius 2 is 1.86 bits per heavy atom. The van der Waals surface area contributed by atoms with Gasteiger partial charge in [-0.05, 0) is 50.1 Å². The first-order valence-corrected chi connectivity index (χ1v) is 11.0. The largest absolute Gasteiger partial charge is 0.328 e. The molecule has 150 valence electrons. The lowest BCUT2D eigenvalue weighted by molar-refractivity contribution is 0.101. The van der Waals surface area contributed by atoms with Gasteiger partial charge in [0.15, 0.2) is 5.78 Å². The summed E-state index contributed by atoms with van der Waals surface area (Å²) in [5.41, 5.74) is 1.75. The Morgan fingerprint density at radius 1 is 1.03 bits per heavy atom. The number of amidine groups is 1. The van der Waals surface area contributed by atoms with Gasteiger partial charge in [0.05, 0.1) is 5.69 Å². The Hall–Kier alpha value is -3.00. The molecule has 0 saturated carbocycles. The lowest BCUT2D eigenvalue weighted by Gasteiger charge is -2.29. The van der Waals surface area contributed by atoms with Crippen LogP contribution in [-0.2, 0) is 10.0 Å². The molecule has 0 spiro atoms. The quantitative estimate of drug-likeness (QED) is 0.778. The molecule has 1 saturated heterocycles. The van der Waals surface area contributed by atoms with E-state index < -0.39 is 15.9 Å². The second-order valence-corrected chi connectivity index (χ2v) is 8.79. The summed E-state index contributed by atoms with van der Waals surface area (Å²) in [6.45, 7) is 2.16. The summed E-state index contributed by atoms with van der Waals surface area (Å²) < 4.78 is 29.4. The fraction of sp³-hybridized carbons (Fsp3) is 0.286. The van der Waals surface area contributed by atoms with Gasteiger partial charge in [-0.1, -0.05) is 18.6 Å². The third-order valence-electron chi connectivity index (χ3n) is 5.14. The molecule has 2 aliphatic heterocycles. The Bertz CT molecular complexity index is 1140. The SMILES string of the molecule is CC(=O)c1cccc(NC(=O)c2ccc3c(c2)S(=O)(=O)N=C2CCCCCN23)c1. The highest BCUT2D eigenvalue weighted by Gasteiger charge is 2.32. The second-order valence-electron chi connectivity index (χ2n) is 7.22. The number of fused-ring (bicyclic) bond motifs is 3. The first kappa shape index (κ1) is 19.3. The Labute approximate surface area is 169 Å². The molecule has 2 aromatic carbocycles. The van der Waals surface area contributed by atoms with Crippen LogP contribution in [0.15, 0.2) is 51.8 Å².